The molecule has 0 bridgehead atoms. The Morgan fingerprint density at radius 1 is 1.33 bits per heavy atom. The molecule has 0 radical (unpaired) electrons. The molecule has 1 N–H and O–H groups in total. The normalized spacial score (nSPS) is 26.1. The second-order valence-corrected chi connectivity index (χ2v) is 7.69. The highest BCUT2D eigenvalue weighted by molar-refractivity contribution is 5.94. The summed E-state index contributed by atoms with van der Waals surface area (Å²) in [6.07, 6.45) is 5.79. The van der Waals surface area contributed by atoms with Gasteiger partial charge in [-0.2, -0.15) is 5.10 Å². The maximum Gasteiger partial charge on any atom is 0.257 e. The van der Waals surface area contributed by atoms with E-state index in [9.17, 15) is 4.79 Å². The number of amides is 1. The van der Waals surface area contributed by atoms with Crippen molar-refractivity contribution >= 4 is 5.91 Å². The maximum atomic E-state index is 13.2. The first-order chi connectivity index (χ1) is 13.1. The molecule has 1 amide bonds. The van der Waals surface area contributed by atoms with E-state index in [4.69, 9.17) is 4.74 Å². The first kappa shape index (κ1) is 18.2. The van der Waals surface area contributed by atoms with Gasteiger partial charge < -0.3 is 15.0 Å². The fourth-order valence-electron chi connectivity index (χ4n) is 4.05. The summed E-state index contributed by atoms with van der Waals surface area (Å²) in [5.41, 5.74) is 3.02. The Hall–Kier alpha value is -2.18. The van der Waals surface area contributed by atoms with E-state index < -0.39 is 0 Å². The van der Waals surface area contributed by atoms with Gasteiger partial charge in [0.25, 0.3) is 5.91 Å². The molecule has 0 spiro atoms. The maximum absolute atomic E-state index is 13.2. The molecule has 2 aromatic rings. The van der Waals surface area contributed by atoms with Crippen molar-refractivity contribution in [2.45, 2.75) is 44.9 Å². The van der Waals surface area contributed by atoms with E-state index in [0.29, 0.717) is 24.8 Å². The fourth-order valence-corrected chi connectivity index (χ4v) is 4.05. The predicted octanol–water partition coefficient (Wildman–Crippen LogP) is 2.72. The summed E-state index contributed by atoms with van der Waals surface area (Å²) in [5.74, 6) is 0.0411. The molecular weight excluding hydrogens is 340 g/mol. The highest BCUT2D eigenvalue weighted by Crippen LogP contribution is 2.28. The number of ether oxygens (including phenoxy) is 1. The summed E-state index contributed by atoms with van der Waals surface area (Å²) in [6, 6.07) is 8.62. The van der Waals surface area contributed by atoms with Gasteiger partial charge in [-0.25, -0.2) is 0 Å². The zero-order valence-corrected chi connectivity index (χ0v) is 16.1. The first-order valence-electron chi connectivity index (χ1n) is 9.86. The number of nitrogens with zero attached hydrogens (tertiary/aromatic N) is 3. The summed E-state index contributed by atoms with van der Waals surface area (Å²) in [7, 11) is 0. The van der Waals surface area contributed by atoms with Crippen LogP contribution in [0.2, 0.25) is 0 Å². The molecule has 144 valence electrons. The van der Waals surface area contributed by atoms with Crippen LogP contribution in [-0.4, -0.2) is 52.9 Å². The number of carbonyl (C=O) groups excluding carboxylic acids is 1. The molecule has 4 rings (SSSR count). The third kappa shape index (κ3) is 3.77. The number of carbonyl (C=O) groups is 1. The monoisotopic (exact) mass is 368 g/mol. The highest BCUT2D eigenvalue weighted by atomic mass is 16.5. The van der Waals surface area contributed by atoms with Crippen molar-refractivity contribution in [1.82, 2.24) is 20.0 Å². The number of aromatic nitrogens is 2. The van der Waals surface area contributed by atoms with Crippen molar-refractivity contribution in [3.8, 4) is 0 Å². The van der Waals surface area contributed by atoms with E-state index in [0.717, 1.165) is 31.5 Å². The summed E-state index contributed by atoms with van der Waals surface area (Å²) >= 11 is 0. The Bertz CT molecular complexity index is 797. The first-order valence-corrected chi connectivity index (χ1v) is 9.86. The van der Waals surface area contributed by atoms with Gasteiger partial charge >= 0.3 is 0 Å². The van der Waals surface area contributed by atoms with Gasteiger partial charge in [-0.15, -0.1) is 0 Å². The molecule has 2 aliphatic rings. The van der Waals surface area contributed by atoms with Gasteiger partial charge in [-0.3, -0.25) is 9.48 Å². The molecule has 0 saturated carbocycles. The third-order valence-electron chi connectivity index (χ3n) is 5.72. The number of morpholine rings is 1. The van der Waals surface area contributed by atoms with E-state index in [2.05, 4.69) is 29.5 Å². The average Bonchev–Trinajstić information content (AvgIpc) is 3.19. The van der Waals surface area contributed by atoms with Crippen LogP contribution in [0, 0.1) is 6.92 Å². The lowest BCUT2D eigenvalue weighted by atomic mass is 10.0. The van der Waals surface area contributed by atoms with Crippen LogP contribution in [0.15, 0.2) is 36.7 Å². The molecule has 6 nitrogen and oxygen atoms in total. The molecule has 1 aromatic heterocycles. The van der Waals surface area contributed by atoms with Crippen LogP contribution < -0.4 is 5.32 Å². The molecule has 3 atom stereocenters. The molecule has 6 heteroatoms. The number of hydrogen-bond acceptors (Lipinski definition) is 4. The minimum atomic E-state index is -0.0797. The number of nitrogens with one attached hydrogen (secondary N) is 1. The summed E-state index contributed by atoms with van der Waals surface area (Å²) in [5, 5.41) is 7.87. The Morgan fingerprint density at radius 3 is 2.96 bits per heavy atom. The summed E-state index contributed by atoms with van der Waals surface area (Å²) in [4.78, 5) is 15.1. The van der Waals surface area contributed by atoms with Crippen LogP contribution >= 0.6 is 0 Å². The van der Waals surface area contributed by atoms with E-state index >= 15 is 0 Å². The van der Waals surface area contributed by atoms with E-state index in [1.807, 2.05) is 34.8 Å². The Balaban J connectivity index is 1.50. The molecule has 3 unspecified atom stereocenters. The molecule has 27 heavy (non-hydrogen) atoms. The molecule has 3 heterocycles. The molecular formula is C21H28N4O2. The van der Waals surface area contributed by atoms with Gasteiger partial charge in [0.1, 0.15) is 6.10 Å². The van der Waals surface area contributed by atoms with Gasteiger partial charge in [0.05, 0.1) is 37.0 Å². The van der Waals surface area contributed by atoms with Crippen LogP contribution in [0.4, 0.5) is 0 Å². The van der Waals surface area contributed by atoms with E-state index in [-0.39, 0.29) is 18.1 Å². The predicted molar refractivity (Wildman–Crippen MR) is 104 cm³/mol. The van der Waals surface area contributed by atoms with Crippen molar-refractivity contribution in [1.29, 1.82) is 0 Å². The van der Waals surface area contributed by atoms with Gasteiger partial charge in [0.2, 0.25) is 0 Å². The lowest BCUT2D eigenvalue weighted by Crippen LogP contribution is -2.48. The van der Waals surface area contributed by atoms with Crippen molar-refractivity contribution in [2.24, 2.45) is 0 Å². The smallest absolute Gasteiger partial charge is 0.257 e. The van der Waals surface area contributed by atoms with Crippen molar-refractivity contribution in [2.75, 3.05) is 26.2 Å². The lowest BCUT2D eigenvalue weighted by molar-refractivity contribution is -0.0489. The van der Waals surface area contributed by atoms with Crippen molar-refractivity contribution in [3.05, 3.63) is 53.3 Å². The Kier molecular flexibility index (Phi) is 5.27. The minimum absolute atomic E-state index is 0.0411. The average molecular weight is 368 g/mol. The molecule has 2 aliphatic heterocycles. The zero-order chi connectivity index (χ0) is 18.8. The van der Waals surface area contributed by atoms with Crippen LogP contribution in [-0.2, 0) is 4.74 Å². The second-order valence-electron chi connectivity index (χ2n) is 7.69. The SMILES string of the molecule is Cc1ccccc1C1CN(C(=O)c2cnn(C3CCCNC3)c2)C(C)CO1. The fraction of sp³-hybridized carbons (Fsp3) is 0.524. The van der Waals surface area contributed by atoms with Gasteiger partial charge in [0, 0.05) is 12.7 Å². The van der Waals surface area contributed by atoms with Crippen LogP contribution in [0.3, 0.4) is 0 Å². The largest absolute Gasteiger partial charge is 0.370 e. The second kappa shape index (κ2) is 7.82. The summed E-state index contributed by atoms with van der Waals surface area (Å²) < 4.78 is 8.00. The minimum Gasteiger partial charge on any atom is -0.370 e. The number of hydrogen-bond donors (Lipinski definition) is 1. The van der Waals surface area contributed by atoms with Crippen molar-refractivity contribution in [3.63, 3.8) is 0 Å². The highest BCUT2D eigenvalue weighted by Gasteiger charge is 2.32. The van der Waals surface area contributed by atoms with Crippen LogP contribution in [0.25, 0.3) is 0 Å². The third-order valence-corrected chi connectivity index (χ3v) is 5.72. The number of benzene rings is 1. The number of aryl methyl sites for hydroxylation is 1. The molecule has 1 aromatic carbocycles. The van der Waals surface area contributed by atoms with Gasteiger partial charge in [0.15, 0.2) is 0 Å². The van der Waals surface area contributed by atoms with Gasteiger partial charge in [-0.05, 0) is 44.4 Å². The number of piperidine rings is 1. The topological polar surface area (TPSA) is 59.4 Å². The standard InChI is InChI=1S/C21H28N4O2/c1-15-6-3-4-8-19(15)20-13-24(16(2)14-27-20)21(26)17-10-23-25(12-17)18-7-5-9-22-11-18/h3-4,6,8,10,12,16,18,20,22H,5,7,9,11,13-14H2,1-2H3. The van der Waals surface area contributed by atoms with E-state index in [1.165, 1.54) is 5.56 Å². The molecule has 2 saturated heterocycles. The van der Waals surface area contributed by atoms with Crippen molar-refractivity contribution < 1.29 is 9.53 Å². The Labute approximate surface area is 160 Å². The summed E-state index contributed by atoms with van der Waals surface area (Å²) in [6.45, 7) is 7.23. The molecule has 2 fully saturated rings. The number of rotatable bonds is 3. The van der Waals surface area contributed by atoms with Crippen LogP contribution in [0.5, 0.6) is 0 Å². The lowest BCUT2D eigenvalue weighted by Gasteiger charge is -2.38. The quantitative estimate of drug-likeness (QED) is 0.905. The Morgan fingerprint density at radius 2 is 2.19 bits per heavy atom. The van der Waals surface area contributed by atoms with E-state index in [1.54, 1.807) is 6.20 Å². The van der Waals surface area contributed by atoms with Gasteiger partial charge in [-0.1, -0.05) is 24.3 Å². The van der Waals surface area contributed by atoms with Crippen LogP contribution in [0.1, 0.15) is 53.4 Å². The zero-order valence-electron chi connectivity index (χ0n) is 16.1. The molecule has 0 aliphatic carbocycles.